The second kappa shape index (κ2) is 9.13. The maximum Gasteiger partial charge on any atom is 0.329 e. The molecule has 0 bridgehead atoms. The molecule has 166 valence electrons. The monoisotopic (exact) mass is 435 g/mol. The van der Waals surface area contributed by atoms with Crippen molar-refractivity contribution in [1.82, 2.24) is 14.5 Å². The van der Waals surface area contributed by atoms with Crippen molar-refractivity contribution in [2.24, 2.45) is 0 Å². The Kier molecular flexibility index (Phi) is 6.11. The number of methoxy groups -OCH3 is 3. The third kappa shape index (κ3) is 4.16. The summed E-state index contributed by atoms with van der Waals surface area (Å²) in [5, 5.41) is 0. The summed E-state index contributed by atoms with van der Waals surface area (Å²) in [4.78, 5) is 31.9. The van der Waals surface area contributed by atoms with Gasteiger partial charge in [-0.15, -0.1) is 0 Å². The summed E-state index contributed by atoms with van der Waals surface area (Å²) >= 11 is 0. The molecular weight excluding hydrogens is 410 g/mol. The van der Waals surface area contributed by atoms with Gasteiger partial charge < -0.3 is 23.7 Å². The lowest BCUT2D eigenvalue weighted by atomic mass is 10.0. The zero-order chi connectivity index (χ0) is 22.7. The molecule has 1 aromatic heterocycles. The van der Waals surface area contributed by atoms with E-state index in [1.807, 2.05) is 28.8 Å². The van der Waals surface area contributed by atoms with Crippen LogP contribution in [0.3, 0.4) is 0 Å². The molecule has 3 aromatic rings. The molecule has 1 aliphatic rings. The number of amides is 1. The van der Waals surface area contributed by atoms with E-state index in [2.05, 4.69) is 4.98 Å². The van der Waals surface area contributed by atoms with Crippen molar-refractivity contribution in [1.29, 1.82) is 0 Å². The van der Waals surface area contributed by atoms with Gasteiger partial charge in [-0.25, -0.2) is 9.78 Å². The van der Waals surface area contributed by atoms with Crippen LogP contribution in [-0.2, 0) is 29.0 Å². The van der Waals surface area contributed by atoms with E-state index in [-0.39, 0.29) is 12.5 Å². The van der Waals surface area contributed by atoms with Crippen molar-refractivity contribution >= 4 is 11.9 Å². The van der Waals surface area contributed by atoms with Gasteiger partial charge in [-0.1, -0.05) is 12.1 Å². The summed E-state index contributed by atoms with van der Waals surface area (Å²) in [7, 11) is 4.53. The summed E-state index contributed by atoms with van der Waals surface area (Å²) in [5.41, 5.74) is 3.26. The van der Waals surface area contributed by atoms with Crippen molar-refractivity contribution in [2.45, 2.75) is 25.6 Å². The van der Waals surface area contributed by atoms with Crippen molar-refractivity contribution in [3.63, 3.8) is 0 Å². The molecule has 0 radical (unpaired) electrons. The molecule has 2 aromatic carbocycles. The molecular formula is C24H25N3O5. The zero-order valence-electron chi connectivity index (χ0n) is 18.3. The molecule has 0 saturated heterocycles. The van der Waals surface area contributed by atoms with Gasteiger partial charge in [-0.2, -0.15) is 0 Å². The zero-order valence-corrected chi connectivity index (χ0v) is 18.3. The summed E-state index contributed by atoms with van der Waals surface area (Å²) in [6, 6.07) is 13.9. The number of carbonyl (C=O) groups excluding carboxylic acids is 2. The van der Waals surface area contributed by atoms with Gasteiger partial charge in [0.2, 0.25) is 0 Å². The number of aromatic nitrogens is 2. The van der Waals surface area contributed by atoms with E-state index in [4.69, 9.17) is 14.2 Å². The summed E-state index contributed by atoms with van der Waals surface area (Å²) < 4.78 is 17.4. The minimum atomic E-state index is -0.730. The van der Waals surface area contributed by atoms with Crippen LogP contribution in [0.15, 0.2) is 54.9 Å². The molecule has 4 rings (SSSR count). The normalized spacial score (nSPS) is 15.1. The molecule has 1 amide bonds. The van der Waals surface area contributed by atoms with Gasteiger partial charge in [0, 0.05) is 18.5 Å². The van der Waals surface area contributed by atoms with Crippen LogP contribution >= 0.6 is 0 Å². The predicted octanol–water partition coefficient (Wildman–Crippen LogP) is 2.69. The number of hydrogen-bond acceptors (Lipinski definition) is 6. The minimum Gasteiger partial charge on any atom is -0.497 e. The average Bonchev–Trinajstić information content (AvgIpc) is 3.24. The Balaban J connectivity index is 1.62. The Bertz CT molecular complexity index is 1110. The SMILES string of the molecule is COC(=O)C1Cc2ncn(Cc3ccc(OC)cc3)c2CN1C(=O)c1ccc(OC)cc1. The van der Waals surface area contributed by atoms with Gasteiger partial charge in [0.15, 0.2) is 0 Å². The number of rotatable bonds is 6. The van der Waals surface area contributed by atoms with E-state index in [1.54, 1.807) is 49.7 Å². The number of ether oxygens (including phenoxy) is 3. The van der Waals surface area contributed by atoms with Crippen LogP contribution in [0, 0.1) is 0 Å². The van der Waals surface area contributed by atoms with Gasteiger partial charge >= 0.3 is 5.97 Å². The highest BCUT2D eigenvalue weighted by atomic mass is 16.5. The van der Waals surface area contributed by atoms with E-state index in [0.29, 0.717) is 24.3 Å². The lowest BCUT2D eigenvalue weighted by Gasteiger charge is -2.34. The van der Waals surface area contributed by atoms with Crippen LogP contribution in [0.1, 0.15) is 27.3 Å². The molecule has 1 atom stereocenters. The van der Waals surface area contributed by atoms with E-state index in [9.17, 15) is 9.59 Å². The first-order chi connectivity index (χ1) is 15.5. The third-order valence-corrected chi connectivity index (χ3v) is 5.70. The first-order valence-electron chi connectivity index (χ1n) is 10.2. The molecule has 8 heteroatoms. The molecule has 0 fully saturated rings. The fourth-order valence-electron chi connectivity index (χ4n) is 3.89. The number of benzene rings is 2. The summed E-state index contributed by atoms with van der Waals surface area (Å²) in [6.07, 6.45) is 2.06. The molecule has 0 aliphatic carbocycles. The number of imidazole rings is 1. The van der Waals surface area contributed by atoms with Crippen molar-refractivity contribution < 1.29 is 23.8 Å². The molecule has 0 spiro atoms. The molecule has 8 nitrogen and oxygen atoms in total. The van der Waals surface area contributed by atoms with Crippen molar-refractivity contribution in [3.05, 3.63) is 77.4 Å². The van der Waals surface area contributed by atoms with E-state index in [1.165, 1.54) is 7.11 Å². The Morgan fingerprint density at radius 3 is 2.19 bits per heavy atom. The van der Waals surface area contributed by atoms with Crippen LogP contribution in [0.4, 0.5) is 0 Å². The van der Waals surface area contributed by atoms with E-state index < -0.39 is 12.0 Å². The molecule has 32 heavy (non-hydrogen) atoms. The molecule has 0 saturated carbocycles. The highest BCUT2D eigenvalue weighted by molar-refractivity contribution is 5.97. The Hall–Kier alpha value is -3.81. The summed E-state index contributed by atoms with van der Waals surface area (Å²) in [6.45, 7) is 0.857. The van der Waals surface area contributed by atoms with Gasteiger partial charge in [0.1, 0.15) is 17.5 Å². The quantitative estimate of drug-likeness (QED) is 0.554. The number of carbonyl (C=O) groups is 2. The van der Waals surface area contributed by atoms with Crippen molar-refractivity contribution in [2.75, 3.05) is 21.3 Å². The second-order valence-electron chi connectivity index (χ2n) is 7.52. The maximum atomic E-state index is 13.3. The number of nitrogens with zero attached hydrogens (tertiary/aromatic N) is 3. The highest BCUT2D eigenvalue weighted by Gasteiger charge is 2.38. The van der Waals surface area contributed by atoms with Gasteiger partial charge in [-0.05, 0) is 42.0 Å². The minimum absolute atomic E-state index is 0.245. The summed E-state index contributed by atoms with van der Waals surface area (Å²) in [5.74, 6) is 0.747. The average molecular weight is 435 g/mol. The molecule has 1 aliphatic heterocycles. The van der Waals surface area contributed by atoms with Crippen LogP contribution < -0.4 is 9.47 Å². The van der Waals surface area contributed by atoms with Crippen LogP contribution in [0.2, 0.25) is 0 Å². The van der Waals surface area contributed by atoms with Crippen LogP contribution in [0.5, 0.6) is 11.5 Å². The van der Waals surface area contributed by atoms with E-state index in [0.717, 1.165) is 22.7 Å². The highest BCUT2D eigenvalue weighted by Crippen LogP contribution is 2.26. The lowest BCUT2D eigenvalue weighted by Crippen LogP contribution is -2.49. The second-order valence-corrected chi connectivity index (χ2v) is 7.52. The fraction of sp³-hybridized carbons (Fsp3) is 0.292. The Morgan fingerprint density at radius 2 is 1.59 bits per heavy atom. The number of fused-ring (bicyclic) bond motifs is 1. The van der Waals surface area contributed by atoms with Crippen LogP contribution in [0.25, 0.3) is 0 Å². The smallest absolute Gasteiger partial charge is 0.329 e. The number of esters is 1. The maximum absolute atomic E-state index is 13.3. The molecule has 0 N–H and O–H groups in total. The third-order valence-electron chi connectivity index (χ3n) is 5.70. The first-order valence-corrected chi connectivity index (χ1v) is 10.2. The van der Waals surface area contributed by atoms with Gasteiger partial charge in [0.25, 0.3) is 5.91 Å². The molecule has 2 heterocycles. The van der Waals surface area contributed by atoms with Crippen molar-refractivity contribution in [3.8, 4) is 11.5 Å². The standard InChI is InChI=1S/C24H25N3O5/c1-30-18-8-4-16(5-9-18)13-26-15-25-20-12-21(24(29)32-3)27(14-22(20)26)23(28)17-6-10-19(31-2)11-7-17/h4-11,15,21H,12-14H2,1-3H3. The fourth-order valence-corrected chi connectivity index (χ4v) is 3.89. The topological polar surface area (TPSA) is 82.9 Å². The largest absolute Gasteiger partial charge is 0.497 e. The number of hydrogen-bond donors (Lipinski definition) is 0. The van der Waals surface area contributed by atoms with E-state index >= 15 is 0 Å². The predicted molar refractivity (Wildman–Crippen MR) is 117 cm³/mol. The Morgan fingerprint density at radius 1 is 0.969 bits per heavy atom. The van der Waals surface area contributed by atoms with Crippen LogP contribution in [-0.4, -0.2) is 53.7 Å². The Labute approximate surface area is 186 Å². The first kappa shape index (κ1) is 21.4. The van der Waals surface area contributed by atoms with Gasteiger partial charge in [0.05, 0.1) is 45.6 Å². The van der Waals surface area contributed by atoms with Gasteiger partial charge in [-0.3, -0.25) is 4.79 Å². The lowest BCUT2D eigenvalue weighted by molar-refractivity contribution is -0.146. The molecule has 1 unspecified atom stereocenters.